The molecule has 2 heteroatoms. The Morgan fingerprint density at radius 1 is 0.640 bits per heavy atom. The molecule has 0 spiro atoms. The summed E-state index contributed by atoms with van der Waals surface area (Å²) in [6.45, 7) is 5.53. The Bertz CT molecular complexity index is 282. The third-order valence-electron chi connectivity index (χ3n) is 5.29. The van der Waals surface area contributed by atoms with Gasteiger partial charge in [0, 0.05) is 6.04 Å². The maximum atomic E-state index is 8.72. The first-order chi connectivity index (χ1) is 12.3. The summed E-state index contributed by atoms with van der Waals surface area (Å²) >= 11 is 0. The van der Waals surface area contributed by atoms with Crippen LogP contribution in [0.4, 0.5) is 0 Å². The zero-order chi connectivity index (χ0) is 18.4. The Hall–Kier alpha value is -0.550. The van der Waals surface area contributed by atoms with Gasteiger partial charge in [0.25, 0.3) is 0 Å². The van der Waals surface area contributed by atoms with Gasteiger partial charge in [-0.15, -0.1) is 0 Å². The van der Waals surface area contributed by atoms with Gasteiger partial charge in [-0.2, -0.15) is 5.26 Å². The SMILES string of the molecule is CCCCCCCCCCCCCCCCCCNC(CC)CC#N. The number of rotatable bonds is 20. The van der Waals surface area contributed by atoms with Gasteiger partial charge in [0.15, 0.2) is 0 Å². The fourth-order valence-corrected chi connectivity index (χ4v) is 3.45. The van der Waals surface area contributed by atoms with Crippen molar-refractivity contribution in [2.24, 2.45) is 0 Å². The van der Waals surface area contributed by atoms with Gasteiger partial charge in [-0.3, -0.25) is 0 Å². The third-order valence-corrected chi connectivity index (χ3v) is 5.29. The highest BCUT2D eigenvalue weighted by atomic mass is 14.9. The van der Waals surface area contributed by atoms with E-state index in [1.165, 1.54) is 103 Å². The van der Waals surface area contributed by atoms with E-state index >= 15 is 0 Å². The molecule has 0 amide bonds. The van der Waals surface area contributed by atoms with Crippen molar-refractivity contribution in [3.05, 3.63) is 0 Å². The normalized spacial score (nSPS) is 12.2. The second kappa shape index (κ2) is 21.5. The lowest BCUT2D eigenvalue weighted by molar-refractivity contribution is 0.480. The molecule has 25 heavy (non-hydrogen) atoms. The molecule has 1 N–H and O–H groups in total. The second-order valence-electron chi connectivity index (χ2n) is 7.72. The molecular formula is C23H46N2. The van der Waals surface area contributed by atoms with E-state index in [1.54, 1.807) is 0 Å². The maximum Gasteiger partial charge on any atom is 0.0638 e. The molecule has 0 bridgehead atoms. The molecule has 0 aliphatic rings. The van der Waals surface area contributed by atoms with Gasteiger partial charge in [0.2, 0.25) is 0 Å². The number of hydrogen-bond acceptors (Lipinski definition) is 2. The zero-order valence-corrected chi connectivity index (χ0v) is 17.5. The van der Waals surface area contributed by atoms with Crippen LogP contribution in [0.5, 0.6) is 0 Å². The molecule has 0 aliphatic heterocycles. The van der Waals surface area contributed by atoms with Crippen molar-refractivity contribution >= 4 is 0 Å². The highest BCUT2D eigenvalue weighted by molar-refractivity contribution is 4.79. The van der Waals surface area contributed by atoms with Gasteiger partial charge < -0.3 is 5.32 Å². The standard InChI is InChI=1S/C23H46N2/c1-3-5-6-7-8-9-10-11-12-13-14-15-16-17-18-19-22-25-23(4-2)20-21-24/h23,25H,3-20,22H2,1-2H3. The maximum absolute atomic E-state index is 8.72. The lowest BCUT2D eigenvalue weighted by atomic mass is 10.0. The monoisotopic (exact) mass is 350 g/mol. The summed E-state index contributed by atoms with van der Waals surface area (Å²) in [4.78, 5) is 0. The molecule has 0 heterocycles. The van der Waals surface area contributed by atoms with Crippen molar-refractivity contribution in [3.63, 3.8) is 0 Å². The summed E-state index contributed by atoms with van der Waals surface area (Å²) in [7, 11) is 0. The first kappa shape index (κ1) is 24.5. The Morgan fingerprint density at radius 2 is 1.04 bits per heavy atom. The van der Waals surface area contributed by atoms with E-state index in [-0.39, 0.29) is 0 Å². The molecule has 0 fully saturated rings. The largest absolute Gasteiger partial charge is 0.313 e. The summed E-state index contributed by atoms with van der Waals surface area (Å²) in [5.41, 5.74) is 0. The van der Waals surface area contributed by atoms with Crippen LogP contribution < -0.4 is 5.32 Å². The second-order valence-corrected chi connectivity index (χ2v) is 7.72. The van der Waals surface area contributed by atoms with Crippen molar-refractivity contribution in [2.75, 3.05) is 6.54 Å². The highest BCUT2D eigenvalue weighted by Crippen LogP contribution is 2.13. The fraction of sp³-hybridized carbons (Fsp3) is 0.957. The van der Waals surface area contributed by atoms with Crippen LogP contribution in [0.1, 0.15) is 129 Å². The van der Waals surface area contributed by atoms with Crippen molar-refractivity contribution in [3.8, 4) is 6.07 Å². The predicted octanol–water partition coefficient (Wildman–Crippen LogP) is 7.53. The van der Waals surface area contributed by atoms with E-state index in [2.05, 4.69) is 25.2 Å². The smallest absolute Gasteiger partial charge is 0.0638 e. The Labute approximate surface area is 159 Å². The van der Waals surface area contributed by atoms with Crippen LogP contribution in [0.2, 0.25) is 0 Å². The summed E-state index contributed by atoms with van der Waals surface area (Å²) in [5.74, 6) is 0. The Morgan fingerprint density at radius 3 is 1.40 bits per heavy atom. The third kappa shape index (κ3) is 19.6. The summed E-state index contributed by atoms with van der Waals surface area (Å²) in [6.07, 6.45) is 24.4. The minimum absolute atomic E-state index is 0.404. The molecule has 0 radical (unpaired) electrons. The Kier molecular flexibility index (Phi) is 21.0. The Balaban J connectivity index is 3.08. The number of nitrogens with zero attached hydrogens (tertiary/aromatic N) is 1. The molecule has 1 atom stereocenters. The minimum Gasteiger partial charge on any atom is -0.313 e. The van der Waals surface area contributed by atoms with Crippen molar-refractivity contribution in [1.82, 2.24) is 5.32 Å². The number of hydrogen-bond donors (Lipinski definition) is 1. The number of nitrogens with one attached hydrogen (secondary N) is 1. The fourth-order valence-electron chi connectivity index (χ4n) is 3.45. The average molecular weight is 351 g/mol. The molecular weight excluding hydrogens is 304 g/mol. The van der Waals surface area contributed by atoms with E-state index < -0.39 is 0 Å². The van der Waals surface area contributed by atoms with E-state index in [9.17, 15) is 0 Å². The summed E-state index contributed by atoms with van der Waals surface area (Å²) in [6, 6.07) is 2.67. The van der Waals surface area contributed by atoms with Crippen molar-refractivity contribution < 1.29 is 0 Å². The minimum atomic E-state index is 0.404. The highest BCUT2D eigenvalue weighted by Gasteiger charge is 2.03. The van der Waals surface area contributed by atoms with Crippen molar-refractivity contribution in [2.45, 2.75) is 135 Å². The lowest BCUT2D eigenvalue weighted by Crippen LogP contribution is -2.28. The van der Waals surface area contributed by atoms with Gasteiger partial charge in [0.05, 0.1) is 12.5 Å². The predicted molar refractivity (Wildman–Crippen MR) is 112 cm³/mol. The van der Waals surface area contributed by atoms with Crippen LogP contribution in [-0.2, 0) is 0 Å². The van der Waals surface area contributed by atoms with E-state index in [1.807, 2.05) is 0 Å². The molecule has 0 saturated carbocycles. The van der Waals surface area contributed by atoms with E-state index in [0.29, 0.717) is 12.5 Å². The van der Waals surface area contributed by atoms with Gasteiger partial charge in [-0.05, 0) is 19.4 Å². The van der Waals surface area contributed by atoms with Gasteiger partial charge in [0.1, 0.15) is 0 Å². The van der Waals surface area contributed by atoms with Gasteiger partial charge in [-0.25, -0.2) is 0 Å². The van der Waals surface area contributed by atoms with Crippen LogP contribution in [0.15, 0.2) is 0 Å². The number of nitriles is 1. The summed E-state index contributed by atoms with van der Waals surface area (Å²) < 4.78 is 0. The van der Waals surface area contributed by atoms with E-state index in [0.717, 1.165) is 13.0 Å². The molecule has 1 unspecified atom stereocenters. The molecule has 148 valence electrons. The zero-order valence-electron chi connectivity index (χ0n) is 17.5. The molecule has 2 nitrogen and oxygen atoms in total. The quantitative estimate of drug-likeness (QED) is 0.230. The lowest BCUT2D eigenvalue weighted by Gasteiger charge is -2.12. The van der Waals surface area contributed by atoms with Crippen molar-refractivity contribution in [1.29, 1.82) is 5.26 Å². The van der Waals surface area contributed by atoms with Crippen LogP contribution in [0.3, 0.4) is 0 Å². The van der Waals surface area contributed by atoms with Crippen LogP contribution in [-0.4, -0.2) is 12.6 Å². The molecule has 0 aromatic carbocycles. The molecule has 0 aliphatic carbocycles. The van der Waals surface area contributed by atoms with E-state index in [4.69, 9.17) is 5.26 Å². The average Bonchev–Trinajstić information content (AvgIpc) is 2.63. The summed E-state index contributed by atoms with van der Waals surface area (Å²) in [5, 5.41) is 12.2. The first-order valence-electron chi connectivity index (χ1n) is 11.5. The van der Waals surface area contributed by atoms with Gasteiger partial charge in [-0.1, -0.05) is 110 Å². The van der Waals surface area contributed by atoms with Crippen LogP contribution in [0, 0.1) is 11.3 Å². The topological polar surface area (TPSA) is 35.8 Å². The van der Waals surface area contributed by atoms with Gasteiger partial charge >= 0.3 is 0 Å². The van der Waals surface area contributed by atoms with Crippen LogP contribution >= 0.6 is 0 Å². The number of unbranched alkanes of at least 4 members (excludes halogenated alkanes) is 15. The first-order valence-corrected chi connectivity index (χ1v) is 11.5. The van der Waals surface area contributed by atoms with Crippen LogP contribution in [0.25, 0.3) is 0 Å². The molecule has 0 aromatic heterocycles. The molecule has 0 aromatic rings. The molecule has 0 rings (SSSR count). The molecule has 0 saturated heterocycles.